The van der Waals surface area contributed by atoms with Crippen molar-refractivity contribution < 1.29 is 0 Å². The molecule has 0 spiro atoms. The maximum atomic E-state index is 4.87. The predicted octanol–water partition coefficient (Wildman–Crippen LogP) is 5.49. The van der Waals surface area contributed by atoms with Gasteiger partial charge in [0.05, 0.1) is 10.7 Å². The highest BCUT2D eigenvalue weighted by Crippen LogP contribution is 2.37. The summed E-state index contributed by atoms with van der Waals surface area (Å²) < 4.78 is 0. The molecular formula is C17H21NS. The number of nitrogens with zero attached hydrogens (tertiary/aromatic N) is 1. The molecule has 0 bridgehead atoms. The minimum absolute atomic E-state index is 0.628. The first-order valence-electron chi connectivity index (χ1n) is 7.35. The first kappa shape index (κ1) is 12.9. The molecule has 1 unspecified atom stereocenters. The molecule has 0 saturated heterocycles. The van der Waals surface area contributed by atoms with Gasteiger partial charge < -0.3 is 0 Å². The third-order valence-corrected chi connectivity index (χ3v) is 5.38. The van der Waals surface area contributed by atoms with Crippen molar-refractivity contribution in [3.8, 4) is 11.3 Å². The summed E-state index contributed by atoms with van der Waals surface area (Å²) in [5.74, 6) is 1.48. The highest BCUT2D eigenvalue weighted by atomic mass is 32.1. The minimum atomic E-state index is 0.628. The Morgan fingerprint density at radius 3 is 2.58 bits per heavy atom. The molecule has 1 nitrogen and oxygen atoms in total. The molecule has 0 aliphatic heterocycles. The van der Waals surface area contributed by atoms with Crippen LogP contribution in [0.25, 0.3) is 11.3 Å². The Labute approximate surface area is 119 Å². The Balaban J connectivity index is 1.77. The van der Waals surface area contributed by atoms with Crippen LogP contribution in [0.3, 0.4) is 0 Å². The average Bonchev–Trinajstić information content (AvgIpc) is 2.98. The lowest BCUT2D eigenvalue weighted by molar-refractivity contribution is 0.315. The van der Waals surface area contributed by atoms with Crippen LogP contribution in [0.2, 0.25) is 0 Å². The molecule has 3 rings (SSSR count). The molecule has 1 atom stereocenters. The van der Waals surface area contributed by atoms with Gasteiger partial charge in [0.15, 0.2) is 0 Å². The molecule has 2 aromatic rings. The van der Waals surface area contributed by atoms with Crippen molar-refractivity contribution in [3.05, 3.63) is 40.7 Å². The van der Waals surface area contributed by atoms with E-state index in [-0.39, 0.29) is 0 Å². The van der Waals surface area contributed by atoms with Crippen molar-refractivity contribution in [2.75, 3.05) is 0 Å². The molecule has 1 aromatic heterocycles. The third kappa shape index (κ3) is 2.89. The van der Waals surface area contributed by atoms with Crippen molar-refractivity contribution in [2.45, 2.75) is 44.9 Å². The zero-order valence-electron chi connectivity index (χ0n) is 11.5. The Morgan fingerprint density at radius 2 is 1.84 bits per heavy atom. The second-order valence-electron chi connectivity index (χ2n) is 5.62. The smallest absolute Gasteiger partial charge is 0.0963 e. The number of hydrogen-bond acceptors (Lipinski definition) is 2. The van der Waals surface area contributed by atoms with Crippen molar-refractivity contribution >= 4 is 11.3 Å². The predicted molar refractivity (Wildman–Crippen MR) is 82.5 cm³/mol. The van der Waals surface area contributed by atoms with E-state index in [9.17, 15) is 0 Å². The lowest BCUT2D eigenvalue weighted by Gasteiger charge is -2.26. The minimum Gasteiger partial charge on any atom is -0.241 e. The highest BCUT2D eigenvalue weighted by Gasteiger charge is 2.23. The summed E-state index contributed by atoms with van der Waals surface area (Å²) in [6, 6.07) is 10.5. The first-order valence-corrected chi connectivity index (χ1v) is 8.23. The summed E-state index contributed by atoms with van der Waals surface area (Å²) in [6.07, 6.45) is 7.02. The van der Waals surface area contributed by atoms with E-state index in [1.807, 2.05) is 11.3 Å². The molecule has 19 heavy (non-hydrogen) atoms. The summed E-state index contributed by atoms with van der Waals surface area (Å²) in [7, 11) is 0. The topological polar surface area (TPSA) is 12.9 Å². The van der Waals surface area contributed by atoms with E-state index in [0.29, 0.717) is 5.92 Å². The molecule has 1 saturated carbocycles. The van der Waals surface area contributed by atoms with Gasteiger partial charge in [-0.2, -0.15) is 0 Å². The van der Waals surface area contributed by atoms with Crippen molar-refractivity contribution in [2.24, 2.45) is 5.92 Å². The molecule has 100 valence electrons. The van der Waals surface area contributed by atoms with Crippen LogP contribution in [-0.2, 0) is 0 Å². The third-order valence-electron chi connectivity index (χ3n) is 4.34. The SMILES string of the molecule is CC(c1nc(-c2ccccc2)cs1)C1CCCCC1. The average molecular weight is 271 g/mol. The molecule has 0 N–H and O–H groups in total. The van der Waals surface area contributed by atoms with E-state index in [2.05, 4.69) is 42.6 Å². The van der Waals surface area contributed by atoms with E-state index in [0.717, 1.165) is 11.6 Å². The Morgan fingerprint density at radius 1 is 1.11 bits per heavy atom. The fourth-order valence-electron chi connectivity index (χ4n) is 3.07. The van der Waals surface area contributed by atoms with E-state index >= 15 is 0 Å². The number of rotatable bonds is 3. The van der Waals surface area contributed by atoms with Gasteiger partial charge in [0.2, 0.25) is 0 Å². The van der Waals surface area contributed by atoms with Gasteiger partial charge in [0, 0.05) is 16.9 Å². The van der Waals surface area contributed by atoms with Gasteiger partial charge in [0.25, 0.3) is 0 Å². The first-order chi connectivity index (χ1) is 9.34. The van der Waals surface area contributed by atoms with E-state index in [1.165, 1.54) is 42.7 Å². The van der Waals surface area contributed by atoms with Crippen LogP contribution in [0.5, 0.6) is 0 Å². The fourth-order valence-corrected chi connectivity index (χ4v) is 4.05. The van der Waals surface area contributed by atoms with Crippen molar-refractivity contribution in [1.29, 1.82) is 0 Å². The second-order valence-corrected chi connectivity index (χ2v) is 6.51. The normalized spacial score (nSPS) is 18.4. The van der Waals surface area contributed by atoms with Gasteiger partial charge in [-0.25, -0.2) is 4.98 Å². The summed E-state index contributed by atoms with van der Waals surface area (Å²) in [5, 5.41) is 3.54. The Bertz CT molecular complexity index is 511. The Hall–Kier alpha value is -1.15. The van der Waals surface area contributed by atoms with Gasteiger partial charge in [0.1, 0.15) is 0 Å². The summed E-state index contributed by atoms with van der Waals surface area (Å²) in [6.45, 7) is 2.36. The number of benzene rings is 1. The van der Waals surface area contributed by atoms with Gasteiger partial charge in [-0.3, -0.25) is 0 Å². The molecule has 1 aliphatic carbocycles. The number of aromatic nitrogens is 1. The molecule has 1 aromatic carbocycles. The zero-order valence-corrected chi connectivity index (χ0v) is 12.3. The van der Waals surface area contributed by atoms with E-state index in [1.54, 1.807) is 0 Å². The molecule has 0 radical (unpaired) electrons. The summed E-state index contributed by atoms with van der Waals surface area (Å²) in [5.41, 5.74) is 2.38. The Kier molecular flexibility index (Phi) is 3.97. The standard InChI is InChI=1S/C17H21NS/c1-13(14-8-4-2-5-9-14)17-18-16(12-19-17)15-10-6-3-7-11-15/h3,6-7,10-14H,2,4-5,8-9H2,1H3. The number of thiazole rings is 1. The largest absolute Gasteiger partial charge is 0.241 e. The van der Waals surface area contributed by atoms with Gasteiger partial charge in [-0.15, -0.1) is 11.3 Å². The van der Waals surface area contributed by atoms with Crippen LogP contribution in [0.4, 0.5) is 0 Å². The summed E-state index contributed by atoms with van der Waals surface area (Å²) in [4.78, 5) is 4.87. The van der Waals surface area contributed by atoms with Crippen LogP contribution in [0.1, 0.15) is 50.0 Å². The molecular weight excluding hydrogens is 250 g/mol. The maximum absolute atomic E-state index is 4.87. The molecule has 1 aliphatic rings. The molecule has 1 fully saturated rings. The monoisotopic (exact) mass is 271 g/mol. The van der Waals surface area contributed by atoms with E-state index in [4.69, 9.17) is 4.98 Å². The molecule has 0 amide bonds. The van der Waals surface area contributed by atoms with Crippen molar-refractivity contribution in [3.63, 3.8) is 0 Å². The lowest BCUT2D eigenvalue weighted by atomic mass is 9.81. The molecule has 1 heterocycles. The summed E-state index contributed by atoms with van der Waals surface area (Å²) >= 11 is 1.84. The van der Waals surface area contributed by atoms with Crippen LogP contribution >= 0.6 is 11.3 Å². The second kappa shape index (κ2) is 5.87. The van der Waals surface area contributed by atoms with Crippen molar-refractivity contribution in [1.82, 2.24) is 4.98 Å². The van der Waals surface area contributed by atoms with E-state index < -0.39 is 0 Å². The van der Waals surface area contributed by atoms with Gasteiger partial charge in [-0.1, -0.05) is 56.5 Å². The lowest BCUT2D eigenvalue weighted by Crippen LogP contribution is -2.13. The maximum Gasteiger partial charge on any atom is 0.0963 e. The number of hydrogen-bond donors (Lipinski definition) is 0. The van der Waals surface area contributed by atoms with Gasteiger partial charge >= 0.3 is 0 Å². The van der Waals surface area contributed by atoms with Crippen LogP contribution < -0.4 is 0 Å². The quantitative estimate of drug-likeness (QED) is 0.719. The van der Waals surface area contributed by atoms with Gasteiger partial charge in [-0.05, 0) is 18.8 Å². The van der Waals surface area contributed by atoms with Crippen LogP contribution in [0.15, 0.2) is 35.7 Å². The van der Waals surface area contributed by atoms with Crippen LogP contribution in [-0.4, -0.2) is 4.98 Å². The zero-order chi connectivity index (χ0) is 13.1. The fraction of sp³-hybridized carbons (Fsp3) is 0.471. The van der Waals surface area contributed by atoms with Crippen LogP contribution in [0, 0.1) is 5.92 Å². The molecule has 2 heteroatoms. The highest BCUT2D eigenvalue weighted by molar-refractivity contribution is 7.10.